The highest BCUT2D eigenvalue weighted by atomic mass is 16.5. The molecule has 0 bridgehead atoms. The second kappa shape index (κ2) is 10.6. The van der Waals surface area contributed by atoms with Crippen LogP contribution in [-0.4, -0.2) is 25.1 Å². The summed E-state index contributed by atoms with van der Waals surface area (Å²) in [5, 5.41) is 12.5. The van der Waals surface area contributed by atoms with E-state index in [1.165, 1.54) is 0 Å². The molecule has 34 heavy (non-hydrogen) atoms. The van der Waals surface area contributed by atoms with Gasteiger partial charge in [0, 0.05) is 5.69 Å². The maximum absolute atomic E-state index is 12.6. The van der Waals surface area contributed by atoms with Crippen molar-refractivity contribution in [3.63, 3.8) is 0 Å². The number of rotatable bonds is 7. The quantitative estimate of drug-likeness (QED) is 0.598. The first-order valence-electron chi connectivity index (χ1n) is 10.8. The lowest BCUT2D eigenvalue weighted by atomic mass is 9.83. The van der Waals surface area contributed by atoms with E-state index in [4.69, 9.17) is 19.9 Å². The monoisotopic (exact) mass is 461 g/mol. The molecule has 8 nitrogen and oxygen atoms in total. The Balaban J connectivity index is 1.75. The predicted molar refractivity (Wildman–Crippen MR) is 126 cm³/mol. The molecule has 2 aromatic rings. The number of hydrogen-bond donors (Lipinski definition) is 2. The molecular weight excluding hydrogens is 434 g/mol. The molecule has 1 heterocycles. The van der Waals surface area contributed by atoms with Gasteiger partial charge in [-0.15, -0.1) is 0 Å². The van der Waals surface area contributed by atoms with Crippen molar-refractivity contribution in [1.29, 1.82) is 5.26 Å². The third kappa shape index (κ3) is 5.38. The lowest BCUT2D eigenvalue weighted by Gasteiger charge is -2.26. The Labute approximate surface area is 198 Å². The predicted octanol–water partition coefficient (Wildman–Crippen LogP) is 3.97. The van der Waals surface area contributed by atoms with Gasteiger partial charge in [0.2, 0.25) is 5.88 Å². The zero-order chi connectivity index (χ0) is 24.8. The van der Waals surface area contributed by atoms with Gasteiger partial charge in [0.05, 0.1) is 18.1 Å². The molecule has 1 atom stereocenters. The summed E-state index contributed by atoms with van der Waals surface area (Å²) in [5.41, 5.74) is 9.71. The average molecular weight is 462 g/mol. The molecule has 1 aliphatic rings. The number of nitriles is 1. The van der Waals surface area contributed by atoms with Crippen LogP contribution in [0.3, 0.4) is 0 Å². The number of aryl methyl sites for hydroxylation is 2. The third-order valence-electron chi connectivity index (χ3n) is 5.34. The summed E-state index contributed by atoms with van der Waals surface area (Å²) in [7, 11) is 0. The minimum absolute atomic E-state index is 0.0542. The highest BCUT2D eigenvalue weighted by molar-refractivity contribution is 5.93. The highest BCUT2D eigenvalue weighted by Crippen LogP contribution is 2.39. The number of nitrogens with two attached hydrogens (primary N) is 1. The first-order chi connectivity index (χ1) is 16.2. The van der Waals surface area contributed by atoms with E-state index in [9.17, 15) is 14.9 Å². The molecule has 3 N–H and O–H groups in total. The first kappa shape index (κ1) is 24.4. The van der Waals surface area contributed by atoms with Crippen LogP contribution in [0.5, 0.6) is 5.75 Å². The van der Waals surface area contributed by atoms with Crippen molar-refractivity contribution >= 4 is 17.6 Å². The molecule has 1 unspecified atom stereocenters. The molecule has 0 radical (unpaired) electrons. The van der Waals surface area contributed by atoms with Crippen molar-refractivity contribution in [3.05, 3.63) is 81.9 Å². The summed E-state index contributed by atoms with van der Waals surface area (Å²) in [5.74, 6) is -0.912. The van der Waals surface area contributed by atoms with Gasteiger partial charge >= 0.3 is 5.97 Å². The Morgan fingerprint density at radius 2 is 1.85 bits per heavy atom. The van der Waals surface area contributed by atoms with E-state index in [1.54, 1.807) is 38.1 Å². The number of anilines is 1. The first-order valence-corrected chi connectivity index (χ1v) is 10.8. The molecule has 0 aliphatic carbocycles. The molecule has 176 valence electrons. The Kier molecular flexibility index (Phi) is 7.59. The average Bonchev–Trinajstić information content (AvgIpc) is 2.79. The van der Waals surface area contributed by atoms with Crippen LogP contribution in [0.15, 0.2) is 65.3 Å². The molecule has 8 heteroatoms. The molecular formula is C26H27N3O5. The molecule has 0 fully saturated rings. The van der Waals surface area contributed by atoms with Crippen LogP contribution in [0.2, 0.25) is 0 Å². The standard InChI is InChI=1S/C26H27N3O5/c1-5-32-26(31)23-17(4)34-25(28)20(13-27)24(23)18-7-9-19(10-8-18)33-14-22(30)29-21-11-6-15(2)12-16(21)3/h6-12,24H,5,14,28H2,1-4H3,(H,29,30). The van der Waals surface area contributed by atoms with Crippen LogP contribution in [0.25, 0.3) is 0 Å². The van der Waals surface area contributed by atoms with Gasteiger partial charge in [0.15, 0.2) is 6.61 Å². The zero-order valence-electron chi connectivity index (χ0n) is 19.6. The molecule has 1 aliphatic heterocycles. The van der Waals surface area contributed by atoms with Gasteiger partial charge in [0.25, 0.3) is 5.91 Å². The van der Waals surface area contributed by atoms with E-state index < -0.39 is 11.9 Å². The van der Waals surface area contributed by atoms with Crippen molar-refractivity contribution in [2.75, 3.05) is 18.5 Å². The molecule has 2 aromatic carbocycles. The van der Waals surface area contributed by atoms with Crippen LogP contribution in [0.4, 0.5) is 5.69 Å². The third-order valence-corrected chi connectivity index (χ3v) is 5.34. The number of carbonyl (C=O) groups is 2. The van der Waals surface area contributed by atoms with Gasteiger partial charge in [-0.1, -0.05) is 29.8 Å². The van der Waals surface area contributed by atoms with Crippen molar-refractivity contribution in [3.8, 4) is 11.8 Å². The van der Waals surface area contributed by atoms with Gasteiger partial charge < -0.3 is 25.3 Å². The van der Waals surface area contributed by atoms with E-state index in [-0.39, 0.29) is 41.9 Å². The number of nitrogens with one attached hydrogen (secondary N) is 1. The van der Waals surface area contributed by atoms with Crippen LogP contribution in [0, 0.1) is 25.2 Å². The number of hydrogen-bond acceptors (Lipinski definition) is 7. The maximum atomic E-state index is 12.6. The minimum Gasteiger partial charge on any atom is -0.484 e. The van der Waals surface area contributed by atoms with Crippen LogP contribution in [0.1, 0.15) is 36.5 Å². The molecule has 3 rings (SSSR count). The molecule has 0 saturated carbocycles. The minimum atomic E-state index is -0.736. The largest absolute Gasteiger partial charge is 0.484 e. The Hall–Kier alpha value is -4.25. The van der Waals surface area contributed by atoms with Crippen molar-refractivity contribution in [1.82, 2.24) is 0 Å². The van der Waals surface area contributed by atoms with E-state index in [1.807, 2.05) is 38.1 Å². The highest BCUT2D eigenvalue weighted by Gasteiger charge is 2.36. The van der Waals surface area contributed by atoms with Gasteiger partial charge in [-0.05, 0) is 57.0 Å². The van der Waals surface area contributed by atoms with Gasteiger partial charge in [-0.3, -0.25) is 4.79 Å². The fourth-order valence-corrected chi connectivity index (χ4v) is 3.73. The number of carbonyl (C=O) groups excluding carboxylic acids is 2. The second-order valence-corrected chi connectivity index (χ2v) is 7.84. The number of amides is 1. The van der Waals surface area contributed by atoms with Crippen LogP contribution >= 0.6 is 0 Å². The van der Waals surface area contributed by atoms with Crippen LogP contribution < -0.4 is 15.8 Å². The van der Waals surface area contributed by atoms with Gasteiger partial charge in [-0.2, -0.15) is 5.26 Å². The smallest absolute Gasteiger partial charge is 0.338 e. The Morgan fingerprint density at radius 3 is 2.47 bits per heavy atom. The number of allylic oxidation sites excluding steroid dienone is 2. The number of ether oxygens (including phenoxy) is 3. The topological polar surface area (TPSA) is 124 Å². The Morgan fingerprint density at radius 1 is 1.15 bits per heavy atom. The lowest BCUT2D eigenvalue weighted by molar-refractivity contribution is -0.139. The van der Waals surface area contributed by atoms with Gasteiger partial charge in [0.1, 0.15) is 23.2 Å². The fraction of sp³-hybridized carbons (Fsp3) is 0.269. The van der Waals surface area contributed by atoms with E-state index >= 15 is 0 Å². The van der Waals surface area contributed by atoms with Crippen molar-refractivity contribution < 1.29 is 23.8 Å². The Bertz CT molecular complexity index is 1210. The molecule has 0 aromatic heterocycles. The summed E-state index contributed by atoms with van der Waals surface area (Å²) in [6, 6.07) is 14.6. The number of nitrogens with zero attached hydrogens (tertiary/aromatic N) is 1. The van der Waals surface area contributed by atoms with E-state index in [0.29, 0.717) is 11.3 Å². The summed E-state index contributed by atoms with van der Waals surface area (Å²) in [4.78, 5) is 24.9. The van der Waals surface area contributed by atoms with Crippen LogP contribution in [-0.2, 0) is 19.1 Å². The number of benzene rings is 2. The zero-order valence-corrected chi connectivity index (χ0v) is 19.6. The fourth-order valence-electron chi connectivity index (χ4n) is 3.73. The summed E-state index contributed by atoms with van der Waals surface area (Å²) in [6.07, 6.45) is 0. The molecule has 1 amide bonds. The summed E-state index contributed by atoms with van der Waals surface area (Å²) >= 11 is 0. The summed E-state index contributed by atoms with van der Waals surface area (Å²) in [6.45, 7) is 7.22. The molecule has 0 saturated heterocycles. The lowest BCUT2D eigenvalue weighted by Crippen LogP contribution is -2.25. The normalized spacial score (nSPS) is 15.3. The number of esters is 1. The van der Waals surface area contributed by atoms with Gasteiger partial charge in [-0.25, -0.2) is 4.79 Å². The SMILES string of the molecule is CCOC(=O)C1=C(C)OC(N)=C(C#N)C1c1ccc(OCC(=O)Nc2ccc(C)cc2C)cc1. The maximum Gasteiger partial charge on any atom is 0.338 e. The van der Waals surface area contributed by atoms with Crippen molar-refractivity contribution in [2.45, 2.75) is 33.6 Å². The van der Waals surface area contributed by atoms with E-state index in [0.717, 1.165) is 16.8 Å². The molecule has 0 spiro atoms. The second-order valence-electron chi connectivity index (χ2n) is 7.84. The van der Waals surface area contributed by atoms with Crippen molar-refractivity contribution in [2.24, 2.45) is 5.73 Å². The van der Waals surface area contributed by atoms with E-state index in [2.05, 4.69) is 5.32 Å². The summed E-state index contributed by atoms with van der Waals surface area (Å²) < 4.78 is 16.2.